The van der Waals surface area contributed by atoms with Crippen molar-refractivity contribution in [2.45, 2.75) is 110 Å². The standard InChI is InChI=1S/C32H50NO3/c1-6-9-10-11-12-14-19-27-22-24-29(25-23-27)35-31(18-8-3)36-32(34)30(17-7-2)33(4,5)26-28-20-15-13-16-21-28/h13,15-16,20-25,30-31H,6-12,14,17-19,26H2,1-5H3/q+1. The van der Waals surface area contributed by atoms with Crippen LogP contribution in [0.15, 0.2) is 54.6 Å². The molecule has 0 aliphatic heterocycles. The number of ether oxygens (including phenoxy) is 2. The minimum Gasteiger partial charge on any atom is -0.455 e. The first-order valence-corrected chi connectivity index (χ1v) is 14.2. The Morgan fingerprint density at radius 1 is 0.750 bits per heavy atom. The number of rotatable bonds is 18. The van der Waals surface area contributed by atoms with Crippen LogP contribution in [0.25, 0.3) is 0 Å². The average Bonchev–Trinajstić information content (AvgIpc) is 2.86. The molecule has 0 spiro atoms. The van der Waals surface area contributed by atoms with Crippen LogP contribution in [0.5, 0.6) is 5.75 Å². The number of carbonyl (C=O) groups is 1. The van der Waals surface area contributed by atoms with Gasteiger partial charge in [-0.05, 0) is 43.4 Å². The van der Waals surface area contributed by atoms with Crippen LogP contribution in [-0.2, 0) is 22.5 Å². The number of esters is 1. The Kier molecular flexibility index (Phi) is 13.6. The molecule has 0 saturated heterocycles. The Balaban J connectivity index is 1.95. The molecule has 2 aromatic carbocycles. The number of hydrogen-bond donors (Lipinski definition) is 0. The summed E-state index contributed by atoms with van der Waals surface area (Å²) in [5.41, 5.74) is 2.56. The van der Waals surface area contributed by atoms with Gasteiger partial charge in [0.15, 0.2) is 6.04 Å². The van der Waals surface area contributed by atoms with Crippen molar-refractivity contribution >= 4 is 5.97 Å². The molecule has 0 bridgehead atoms. The summed E-state index contributed by atoms with van der Waals surface area (Å²) in [4.78, 5) is 13.4. The Hall–Kier alpha value is -2.33. The Bertz CT molecular complexity index is 847. The van der Waals surface area contributed by atoms with Gasteiger partial charge in [0, 0.05) is 18.4 Å². The van der Waals surface area contributed by atoms with E-state index in [1.165, 1.54) is 49.7 Å². The van der Waals surface area contributed by atoms with Crippen LogP contribution in [0.2, 0.25) is 0 Å². The first-order valence-electron chi connectivity index (χ1n) is 14.2. The molecule has 2 aromatic rings. The largest absolute Gasteiger partial charge is 0.455 e. The topological polar surface area (TPSA) is 35.5 Å². The normalized spacial score (nSPS) is 13.2. The highest BCUT2D eigenvalue weighted by Gasteiger charge is 2.37. The summed E-state index contributed by atoms with van der Waals surface area (Å²) in [6.45, 7) is 7.24. The molecule has 0 aromatic heterocycles. The summed E-state index contributed by atoms with van der Waals surface area (Å²) >= 11 is 0. The molecular formula is C32H50NO3+. The molecule has 4 nitrogen and oxygen atoms in total. The van der Waals surface area contributed by atoms with E-state index >= 15 is 0 Å². The number of hydrogen-bond acceptors (Lipinski definition) is 3. The quantitative estimate of drug-likeness (QED) is 0.0905. The second-order valence-corrected chi connectivity index (χ2v) is 10.7. The zero-order valence-electron chi connectivity index (χ0n) is 23.5. The maximum atomic E-state index is 13.4. The van der Waals surface area contributed by atoms with E-state index in [1.54, 1.807) is 0 Å². The minimum absolute atomic E-state index is 0.170. The highest BCUT2D eigenvalue weighted by atomic mass is 16.7. The van der Waals surface area contributed by atoms with E-state index in [0.29, 0.717) is 10.9 Å². The summed E-state index contributed by atoms with van der Waals surface area (Å²) in [7, 11) is 4.24. The van der Waals surface area contributed by atoms with E-state index in [4.69, 9.17) is 9.47 Å². The van der Waals surface area contributed by atoms with Gasteiger partial charge < -0.3 is 14.0 Å². The van der Waals surface area contributed by atoms with Gasteiger partial charge in [0.2, 0.25) is 6.29 Å². The molecule has 2 atom stereocenters. The van der Waals surface area contributed by atoms with Crippen molar-refractivity contribution in [3.63, 3.8) is 0 Å². The number of quaternary nitrogens is 1. The van der Waals surface area contributed by atoms with Gasteiger partial charge in [0.25, 0.3) is 0 Å². The lowest BCUT2D eigenvalue weighted by molar-refractivity contribution is -0.920. The third kappa shape index (κ3) is 10.7. The van der Waals surface area contributed by atoms with E-state index in [9.17, 15) is 4.79 Å². The van der Waals surface area contributed by atoms with Gasteiger partial charge in [0.1, 0.15) is 12.3 Å². The van der Waals surface area contributed by atoms with Gasteiger partial charge >= 0.3 is 5.97 Å². The molecule has 0 aliphatic carbocycles. The van der Waals surface area contributed by atoms with Crippen LogP contribution in [0, 0.1) is 0 Å². The van der Waals surface area contributed by atoms with Crippen molar-refractivity contribution in [3.05, 3.63) is 65.7 Å². The van der Waals surface area contributed by atoms with Crippen molar-refractivity contribution in [1.82, 2.24) is 0 Å². The van der Waals surface area contributed by atoms with Crippen LogP contribution in [-0.4, -0.2) is 36.9 Å². The van der Waals surface area contributed by atoms with Gasteiger partial charge in [-0.3, -0.25) is 0 Å². The van der Waals surface area contributed by atoms with E-state index in [2.05, 4.69) is 59.1 Å². The van der Waals surface area contributed by atoms with E-state index in [1.807, 2.05) is 30.3 Å². The molecule has 0 radical (unpaired) electrons. The molecule has 4 heteroatoms. The third-order valence-electron chi connectivity index (χ3n) is 6.89. The van der Waals surface area contributed by atoms with Gasteiger partial charge in [-0.1, -0.05) is 95.3 Å². The summed E-state index contributed by atoms with van der Waals surface area (Å²) in [6.07, 6.45) is 11.7. The van der Waals surface area contributed by atoms with Gasteiger partial charge in [-0.25, -0.2) is 4.79 Å². The number of carbonyl (C=O) groups excluding carboxylic acids is 1. The van der Waals surface area contributed by atoms with Crippen LogP contribution in [0.4, 0.5) is 0 Å². The van der Waals surface area contributed by atoms with E-state index < -0.39 is 6.29 Å². The summed E-state index contributed by atoms with van der Waals surface area (Å²) < 4.78 is 12.7. The van der Waals surface area contributed by atoms with Crippen LogP contribution in [0.1, 0.15) is 96.1 Å². The monoisotopic (exact) mass is 496 g/mol. The molecule has 0 amide bonds. The lowest BCUT2D eigenvalue weighted by Gasteiger charge is -2.37. The minimum atomic E-state index is -0.567. The smallest absolute Gasteiger partial charge is 0.368 e. The zero-order valence-corrected chi connectivity index (χ0v) is 23.5. The maximum Gasteiger partial charge on any atom is 0.368 e. The molecule has 0 N–H and O–H groups in total. The molecule has 0 aliphatic rings. The predicted molar refractivity (Wildman–Crippen MR) is 150 cm³/mol. The first kappa shape index (κ1) is 29.9. The average molecular weight is 497 g/mol. The zero-order chi connectivity index (χ0) is 26.2. The second-order valence-electron chi connectivity index (χ2n) is 10.7. The van der Waals surface area contributed by atoms with Crippen molar-refractivity contribution in [2.75, 3.05) is 14.1 Å². The fourth-order valence-corrected chi connectivity index (χ4v) is 4.77. The van der Waals surface area contributed by atoms with Crippen molar-refractivity contribution in [2.24, 2.45) is 0 Å². The Morgan fingerprint density at radius 3 is 2.03 bits per heavy atom. The van der Waals surface area contributed by atoms with Crippen LogP contribution >= 0.6 is 0 Å². The predicted octanol–water partition coefficient (Wildman–Crippen LogP) is 8.08. The lowest BCUT2D eigenvalue weighted by atomic mass is 10.0. The Morgan fingerprint density at radius 2 is 1.39 bits per heavy atom. The summed E-state index contributed by atoms with van der Waals surface area (Å²) in [6, 6.07) is 18.4. The summed E-state index contributed by atoms with van der Waals surface area (Å²) in [5.74, 6) is 0.592. The molecule has 200 valence electrons. The number of nitrogens with zero attached hydrogens (tertiary/aromatic N) is 1. The first-order chi connectivity index (χ1) is 17.4. The van der Waals surface area contributed by atoms with Gasteiger partial charge in [-0.2, -0.15) is 0 Å². The summed E-state index contributed by atoms with van der Waals surface area (Å²) in [5, 5.41) is 0. The lowest BCUT2D eigenvalue weighted by Crippen LogP contribution is -2.53. The van der Waals surface area contributed by atoms with Gasteiger partial charge in [0.05, 0.1) is 14.1 Å². The second kappa shape index (κ2) is 16.4. The Labute approximate surface area is 220 Å². The van der Waals surface area contributed by atoms with E-state index in [0.717, 1.165) is 38.0 Å². The van der Waals surface area contributed by atoms with E-state index in [-0.39, 0.29) is 12.0 Å². The van der Waals surface area contributed by atoms with Crippen molar-refractivity contribution in [1.29, 1.82) is 0 Å². The fraction of sp³-hybridized carbons (Fsp3) is 0.594. The highest BCUT2D eigenvalue weighted by Crippen LogP contribution is 2.22. The van der Waals surface area contributed by atoms with Crippen LogP contribution < -0.4 is 4.74 Å². The van der Waals surface area contributed by atoms with Crippen molar-refractivity contribution in [3.8, 4) is 5.75 Å². The number of benzene rings is 2. The van der Waals surface area contributed by atoms with Crippen LogP contribution in [0.3, 0.4) is 0 Å². The molecule has 2 rings (SSSR count). The highest BCUT2D eigenvalue weighted by molar-refractivity contribution is 5.74. The SMILES string of the molecule is CCCCCCCCc1ccc(OC(CCC)OC(=O)C(CCC)[N+](C)(C)Cc2ccccc2)cc1. The van der Waals surface area contributed by atoms with Crippen molar-refractivity contribution < 1.29 is 18.8 Å². The molecule has 36 heavy (non-hydrogen) atoms. The molecular weight excluding hydrogens is 446 g/mol. The fourth-order valence-electron chi connectivity index (χ4n) is 4.77. The number of unbranched alkanes of at least 4 members (excludes halogenated alkanes) is 5. The number of aryl methyl sites for hydroxylation is 1. The number of likely N-dealkylation sites (N-methyl/N-ethyl adjacent to an activating group) is 1. The third-order valence-corrected chi connectivity index (χ3v) is 6.89. The maximum absolute atomic E-state index is 13.4. The molecule has 0 fully saturated rings. The molecule has 0 heterocycles. The molecule has 0 saturated carbocycles. The molecule has 2 unspecified atom stereocenters. The van der Waals surface area contributed by atoms with Gasteiger partial charge in [-0.15, -0.1) is 0 Å².